The van der Waals surface area contributed by atoms with Crippen LogP contribution < -0.4 is 4.90 Å². The highest BCUT2D eigenvalue weighted by molar-refractivity contribution is 5.57. The predicted octanol–water partition coefficient (Wildman–Crippen LogP) is 5.07. The van der Waals surface area contributed by atoms with Crippen LogP contribution in [-0.4, -0.2) is 37.1 Å². The van der Waals surface area contributed by atoms with Crippen LogP contribution >= 0.6 is 0 Å². The summed E-state index contributed by atoms with van der Waals surface area (Å²) in [4.78, 5) is 4.45. The van der Waals surface area contributed by atoms with Crippen molar-refractivity contribution in [2.45, 2.75) is 64.1 Å². The highest BCUT2D eigenvalue weighted by atomic mass is 19.4. The van der Waals surface area contributed by atoms with Crippen molar-refractivity contribution in [1.29, 1.82) is 0 Å². The van der Waals surface area contributed by atoms with Crippen LogP contribution in [0.1, 0.15) is 57.6 Å². The molecule has 25 heavy (non-hydrogen) atoms. The summed E-state index contributed by atoms with van der Waals surface area (Å²) in [7, 11) is 0. The number of anilines is 1. The van der Waals surface area contributed by atoms with Crippen molar-refractivity contribution in [2.24, 2.45) is 0 Å². The molecule has 0 atom stereocenters. The van der Waals surface area contributed by atoms with E-state index in [9.17, 15) is 13.2 Å². The average molecular weight is 354 g/mol. The molecule has 0 aromatic heterocycles. The van der Waals surface area contributed by atoms with Gasteiger partial charge in [0.2, 0.25) is 0 Å². The number of piperidine rings is 1. The Labute approximate surface area is 149 Å². The molecule has 2 heterocycles. The molecule has 0 saturated carbocycles. The lowest BCUT2D eigenvalue weighted by molar-refractivity contribution is -0.137. The van der Waals surface area contributed by atoms with Gasteiger partial charge in [0, 0.05) is 24.8 Å². The first-order valence-corrected chi connectivity index (χ1v) is 9.37. The summed E-state index contributed by atoms with van der Waals surface area (Å²) < 4.78 is 41.0. The summed E-state index contributed by atoms with van der Waals surface area (Å²) >= 11 is 0. The molecule has 2 nitrogen and oxygen atoms in total. The Bertz CT molecular complexity index is 590. The molecule has 2 aliphatic rings. The normalized spacial score (nSPS) is 21.1. The van der Waals surface area contributed by atoms with Crippen LogP contribution in [0.25, 0.3) is 0 Å². The average Bonchev–Trinajstić information content (AvgIpc) is 3.07. The van der Waals surface area contributed by atoms with Crippen LogP contribution in [0.2, 0.25) is 0 Å². The molecule has 1 aromatic carbocycles. The first kappa shape index (κ1) is 18.6. The third-order valence-electron chi connectivity index (χ3n) is 5.63. The summed E-state index contributed by atoms with van der Waals surface area (Å²) in [6, 6.07) is 5.43. The van der Waals surface area contributed by atoms with Crippen molar-refractivity contribution in [3.05, 3.63) is 29.3 Å². The maximum absolute atomic E-state index is 13.7. The van der Waals surface area contributed by atoms with Crippen molar-refractivity contribution < 1.29 is 13.2 Å². The summed E-state index contributed by atoms with van der Waals surface area (Å²) in [6.07, 6.45) is 0.110. The molecule has 0 unspecified atom stereocenters. The molecule has 140 valence electrons. The third kappa shape index (κ3) is 4.13. The van der Waals surface area contributed by atoms with E-state index in [0.29, 0.717) is 24.8 Å². The standard InChI is InChI=1S/C20H29F3N2/c1-19(2,3)15-6-7-18(17(14-15)20(21,22)23)25-12-8-16(9-13-25)24-10-4-5-11-24/h6-7,14,16H,4-5,8-13H2,1-3H3. The fraction of sp³-hybridized carbons (Fsp3) is 0.700. The van der Waals surface area contributed by atoms with E-state index in [2.05, 4.69) is 4.90 Å². The number of benzene rings is 1. The van der Waals surface area contributed by atoms with E-state index in [-0.39, 0.29) is 5.41 Å². The van der Waals surface area contributed by atoms with Crippen LogP contribution in [0.15, 0.2) is 18.2 Å². The number of halogens is 3. The van der Waals surface area contributed by atoms with Crippen LogP contribution in [0.5, 0.6) is 0 Å². The molecule has 2 saturated heterocycles. The number of alkyl halides is 3. The minimum Gasteiger partial charge on any atom is -0.371 e. The van der Waals surface area contributed by atoms with Crippen molar-refractivity contribution in [1.82, 2.24) is 4.90 Å². The number of nitrogens with zero attached hydrogens (tertiary/aromatic N) is 2. The number of rotatable bonds is 2. The van der Waals surface area contributed by atoms with E-state index in [0.717, 1.165) is 31.5 Å². The largest absolute Gasteiger partial charge is 0.418 e. The fourth-order valence-electron chi connectivity index (χ4n) is 4.08. The summed E-state index contributed by atoms with van der Waals surface area (Å²) in [5.74, 6) is 0. The summed E-state index contributed by atoms with van der Waals surface area (Å²) in [5.41, 5.74) is 0.303. The number of likely N-dealkylation sites (tertiary alicyclic amines) is 1. The first-order valence-electron chi connectivity index (χ1n) is 9.37. The first-order chi connectivity index (χ1) is 11.7. The molecule has 5 heteroatoms. The summed E-state index contributed by atoms with van der Waals surface area (Å²) in [5, 5.41) is 0. The van der Waals surface area contributed by atoms with Gasteiger partial charge in [-0.15, -0.1) is 0 Å². The molecule has 2 fully saturated rings. The van der Waals surface area contributed by atoms with Crippen LogP contribution in [-0.2, 0) is 11.6 Å². The lowest BCUT2D eigenvalue weighted by Gasteiger charge is -2.39. The zero-order valence-electron chi connectivity index (χ0n) is 15.5. The summed E-state index contributed by atoms with van der Waals surface area (Å²) in [6.45, 7) is 9.56. The van der Waals surface area contributed by atoms with Crippen molar-refractivity contribution >= 4 is 5.69 Å². The highest BCUT2D eigenvalue weighted by Gasteiger charge is 2.37. The number of hydrogen-bond donors (Lipinski definition) is 0. The van der Waals surface area contributed by atoms with Gasteiger partial charge >= 0.3 is 6.18 Å². The van der Waals surface area contributed by atoms with Crippen molar-refractivity contribution in [3.63, 3.8) is 0 Å². The molecule has 3 rings (SSSR count). The Hall–Kier alpha value is -1.23. The monoisotopic (exact) mass is 354 g/mol. The van der Waals surface area contributed by atoms with Gasteiger partial charge in [-0.3, -0.25) is 0 Å². The zero-order chi connectivity index (χ0) is 18.2. The second-order valence-electron chi connectivity index (χ2n) is 8.44. The van der Waals surface area contributed by atoms with E-state index < -0.39 is 11.7 Å². The third-order valence-corrected chi connectivity index (χ3v) is 5.63. The maximum atomic E-state index is 13.7. The smallest absolute Gasteiger partial charge is 0.371 e. The van der Waals surface area contributed by atoms with Gasteiger partial charge in [-0.2, -0.15) is 13.2 Å². The molecule has 0 bridgehead atoms. The SMILES string of the molecule is CC(C)(C)c1ccc(N2CCC(N3CCCC3)CC2)c(C(F)(F)F)c1. The molecule has 0 aliphatic carbocycles. The van der Waals surface area contributed by atoms with Gasteiger partial charge in [0.15, 0.2) is 0 Å². The Kier molecular flexibility index (Phi) is 5.06. The van der Waals surface area contributed by atoms with Gasteiger partial charge in [-0.1, -0.05) is 26.8 Å². The quantitative estimate of drug-likeness (QED) is 0.732. The van der Waals surface area contributed by atoms with E-state index in [1.807, 2.05) is 31.7 Å². The minimum absolute atomic E-state index is 0.290. The maximum Gasteiger partial charge on any atom is 0.418 e. The lowest BCUT2D eigenvalue weighted by Crippen LogP contribution is -2.44. The molecule has 0 N–H and O–H groups in total. The van der Waals surface area contributed by atoms with Gasteiger partial charge in [-0.05, 0) is 61.9 Å². The van der Waals surface area contributed by atoms with Gasteiger partial charge in [0.05, 0.1) is 5.56 Å². The topological polar surface area (TPSA) is 6.48 Å². The van der Waals surface area contributed by atoms with Crippen LogP contribution in [0, 0.1) is 0 Å². The molecule has 0 radical (unpaired) electrons. The van der Waals surface area contributed by atoms with E-state index in [1.54, 1.807) is 6.07 Å². The Morgan fingerprint density at radius 2 is 1.52 bits per heavy atom. The van der Waals surface area contributed by atoms with E-state index >= 15 is 0 Å². The van der Waals surface area contributed by atoms with Crippen molar-refractivity contribution in [3.8, 4) is 0 Å². The van der Waals surface area contributed by atoms with Gasteiger partial charge < -0.3 is 9.80 Å². The molecule has 0 spiro atoms. The molecule has 2 aliphatic heterocycles. The highest BCUT2D eigenvalue weighted by Crippen LogP contribution is 2.40. The second kappa shape index (κ2) is 6.82. The second-order valence-corrected chi connectivity index (χ2v) is 8.44. The lowest BCUT2D eigenvalue weighted by atomic mass is 9.85. The Balaban J connectivity index is 1.80. The molecule has 0 amide bonds. The molecular formula is C20H29F3N2. The van der Waals surface area contributed by atoms with Gasteiger partial charge in [-0.25, -0.2) is 0 Å². The zero-order valence-corrected chi connectivity index (χ0v) is 15.5. The van der Waals surface area contributed by atoms with Gasteiger partial charge in [0.25, 0.3) is 0 Å². The molecular weight excluding hydrogens is 325 g/mol. The Morgan fingerprint density at radius 3 is 2.04 bits per heavy atom. The van der Waals surface area contributed by atoms with E-state index in [1.165, 1.54) is 18.9 Å². The molecule has 1 aromatic rings. The fourth-order valence-corrected chi connectivity index (χ4v) is 4.08. The minimum atomic E-state index is -4.32. The Morgan fingerprint density at radius 1 is 0.920 bits per heavy atom. The van der Waals surface area contributed by atoms with Crippen LogP contribution in [0.3, 0.4) is 0 Å². The predicted molar refractivity (Wildman–Crippen MR) is 96.2 cm³/mol. The van der Waals surface area contributed by atoms with Crippen molar-refractivity contribution in [2.75, 3.05) is 31.1 Å². The van der Waals surface area contributed by atoms with Crippen LogP contribution in [0.4, 0.5) is 18.9 Å². The van der Waals surface area contributed by atoms with Gasteiger partial charge in [0.1, 0.15) is 0 Å². The van der Waals surface area contributed by atoms with E-state index in [4.69, 9.17) is 0 Å². The number of hydrogen-bond acceptors (Lipinski definition) is 2.